The van der Waals surface area contributed by atoms with Gasteiger partial charge in [-0.3, -0.25) is 9.05 Å². The Morgan fingerprint density at radius 3 is 2.67 bits per heavy atom. The van der Waals surface area contributed by atoms with E-state index in [4.69, 9.17) is 4.89 Å². The lowest BCUT2D eigenvalue weighted by atomic mass is 10.1. The molecule has 0 aliphatic carbocycles. The zero-order valence-corrected chi connectivity index (χ0v) is 8.76. The van der Waals surface area contributed by atoms with E-state index in [9.17, 15) is 17.7 Å². The van der Waals surface area contributed by atoms with E-state index in [-0.39, 0.29) is 13.0 Å². The summed E-state index contributed by atoms with van der Waals surface area (Å²) in [6.45, 7) is 0.0342. The molecule has 0 spiro atoms. The average Bonchev–Trinajstić information content (AvgIpc) is 1.96. The van der Waals surface area contributed by atoms with Crippen molar-refractivity contribution >= 4 is 7.82 Å². The van der Waals surface area contributed by atoms with E-state index in [1.54, 1.807) is 0 Å². The number of phosphoric ester groups is 1. The fraction of sp³-hybridized carbons (Fsp3) is 1.00. The molecule has 8 heteroatoms. The largest absolute Gasteiger partial charge is 0.472 e. The second kappa shape index (κ2) is 4.82. The van der Waals surface area contributed by atoms with Crippen LogP contribution in [0.4, 0.5) is 13.2 Å². The van der Waals surface area contributed by atoms with E-state index >= 15 is 0 Å². The number of halogens is 3. The molecule has 2 atom stereocenters. The maximum atomic E-state index is 12.0. The van der Waals surface area contributed by atoms with Gasteiger partial charge < -0.3 is 4.89 Å². The Balaban J connectivity index is 2.57. The van der Waals surface area contributed by atoms with Crippen molar-refractivity contribution in [1.29, 1.82) is 0 Å². The molecule has 0 aromatic carbocycles. The van der Waals surface area contributed by atoms with Crippen molar-refractivity contribution in [3.05, 3.63) is 0 Å². The minimum atomic E-state index is -4.40. The molecule has 1 aliphatic heterocycles. The van der Waals surface area contributed by atoms with Crippen molar-refractivity contribution in [2.75, 3.05) is 6.61 Å². The van der Waals surface area contributed by atoms with Crippen LogP contribution in [-0.4, -0.2) is 23.8 Å². The van der Waals surface area contributed by atoms with Crippen LogP contribution < -0.4 is 0 Å². The highest BCUT2D eigenvalue weighted by atomic mass is 31.2. The minimum Gasteiger partial charge on any atom is -0.302 e. The predicted octanol–water partition coefficient (Wildman–Crippen LogP) is 2.62. The van der Waals surface area contributed by atoms with Crippen LogP contribution in [-0.2, 0) is 13.6 Å². The smallest absolute Gasteiger partial charge is 0.302 e. The second-order valence-corrected chi connectivity index (χ2v) is 4.75. The molecule has 0 saturated carbocycles. The van der Waals surface area contributed by atoms with Gasteiger partial charge in [0.2, 0.25) is 0 Å². The van der Waals surface area contributed by atoms with E-state index in [1.807, 2.05) is 0 Å². The molecular weight excluding hydrogens is 236 g/mol. The highest BCUT2D eigenvalue weighted by Crippen LogP contribution is 2.47. The third kappa shape index (κ3) is 5.51. The number of rotatable bonds is 1. The van der Waals surface area contributed by atoms with Gasteiger partial charge in [0, 0.05) is 0 Å². The maximum Gasteiger partial charge on any atom is 0.472 e. The van der Waals surface area contributed by atoms with E-state index in [2.05, 4.69) is 9.05 Å². The van der Waals surface area contributed by atoms with Crippen molar-refractivity contribution in [2.24, 2.45) is 0 Å². The monoisotopic (exact) mass is 248 g/mol. The van der Waals surface area contributed by atoms with Crippen LogP contribution in [0.15, 0.2) is 0 Å². The fourth-order valence-electron chi connectivity index (χ4n) is 1.32. The molecule has 90 valence electrons. The van der Waals surface area contributed by atoms with Gasteiger partial charge in [0.15, 0.2) is 0 Å². The quantitative estimate of drug-likeness (QED) is 0.724. The molecule has 1 N–H and O–H groups in total. The summed E-state index contributed by atoms with van der Waals surface area (Å²) in [6, 6.07) is 0. The van der Waals surface area contributed by atoms with Crippen molar-refractivity contribution in [3.63, 3.8) is 0 Å². The van der Waals surface area contributed by atoms with Gasteiger partial charge in [0.1, 0.15) is 0 Å². The first-order valence-electron chi connectivity index (χ1n) is 4.51. The summed E-state index contributed by atoms with van der Waals surface area (Å²) >= 11 is 0. The molecule has 0 aromatic rings. The highest BCUT2D eigenvalue weighted by molar-refractivity contribution is 7.47. The van der Waals surface area contributed by atoms with E-state index < -0.39 is 26.5 Å². The second-order valence-electron chi connectivity index (χ2n) is 3.34. The third-order valence-corrected chi connectivity index (χ3v) is 2.99. The molecule has 0 radical (unpaired) electrons. The Morgan fingerprint density at radius 1 is 1.40 bits per heavy atom. The van der Waals surface area contributed by atoms with Crippen molar-refractivity contribution in [2.45, 2.75) is 38.0 Å². The topological polar surface area (TPSA) is 55.8 Å². The zero-order valence-electron chi connectivity index (χ0n) is 7.87. The predicted molar refractivity (Wildman–Crippen MR) is 45.2 cm³/mol. The van der Waals surface area contributed by atoms with Crippen LogP contribution in [0.1, 0.15) is 25.7 Å². The van der Waals surface area contributed by atoms with Crippen LogP contribution in [0.5, 0.6) is 0 Å². The Morgan fingerprint density at radius 2 is 2.07 bits per heavy atom. The van der Waals surface area contributed by atoms with Gasteiger partial charge in [-0.15, -0.1) is 0 Å². The number of hydrogen-bond acceptors (Lipinski definition) is 3. The molecule has 1 saturated heterocycles. The molecule has 1 fully saturated rings. The summed E-state index contributed by atoms with van der Waals surface area (Å²) in [4.78, 5) is 8.99. The lowest BCUT2D eigenvalue weighted by Crippen LogP contribution is -2.23. The van der Waals surface area contributed by atoms with Gasteiger partial charge in [-0.2, -0.15) is 13.2 Å². The summed E-state index contributed by atoms with van der Waals surface area (Å²) in [7, 11) is -4.30. The summed E-state index contributed by atoms with van der Waals surface area (Å²) < 4.78 is 56.0. The van der Waals surface area contributed by atoms with Crippen LogP contribution in [0.3, 0.4) is 0 Å². The highest BCUT2D eigenvalue weighted by Gasteiger charge is 2.37. The Hall–Kier alpha value is -0.100. The standard InChI is InChI=1S/C7H12F3O4P/c8-7(9,10)5-6-3-1-2-4-13-15(11,12)14-6/h6H,1-5H2,(H,11,12). The first kappa shape index (κ1) is 13.0. The molecule has 1 aliphatic rings. The van der Waals surface area contributed by atoms with E-state index in [1.165, 1.54) is 0 Å². The van der Waals surface area contributed by atoms with Crippen LogP contribution >= 0.6 is 7.82 Å². The first-order valence-corrected chi connectivity index (χ1v) is 6.00. The van der Waals surface area contributed by atoms with Crippen molar-refractivity contribution in [1.82, 2.24) is 0 Å². The maximum absolute atomic E-state index is 12.0. The lowest BCUT2D eigenvalue weighted by Gasteiger charge is -2.24. The SMILES string of the molecule is O=P1(O)OCCCCC(CC(F)(F)F)O1. The molecule has 15 heavy (non-hydrogen) atoms. The van der Waals surface area contributed by atoms with Crippen molar-refractivity contribution in [3.8, 4) is 0 Å². The molecule has 2 unspecified atom stereocenters. The molecule has 1 heterocycles. The normalized spacial score (nSPS) is 34.5. The molecule has 0 aromatic heterocycles. The number of hydrogen-bond donors (Lipinski definition) is 1. The van der Waals surface area contributed by atoms with Gasteiger partial charge >= 0.3 is 14.0 Å². The Labute approximate surface area is 85.0 Å². The van der Waals surface area contributed by atoms with Crippen LogP contribution in [0.2, 0.25) is 0 Å². The average molecular weight is 248 g/mol. The number of phosphoric acid groups is 1. The first-order chi connectivity index (χ1) is 6.79. The van der Waals surface area contributed by atoms with Gasteiger partial charge in [-0.1, -0.05) is 0 Å². The van der Waals surface area contributed by atoms with Gasteiger partial charge in [-0.05, 0) is 19.3 Å². The van der Waals surface area contributed by atoms with Crippen LogP contribution in [0.25, 0.3) is 0 Å². The van der Waals surface area contributed by atoms with E-state index in [0.717, 1.165) is 0 Å². The third-order valence-electron chi connectivity index (χ3n) is 1.92. The molecule has 0 amide bonds. The zero-order chi connectivity index (χ0) is 11.5. The molecule has 4 nitrogen and oxygen atoms in total. The Bertz CT molecular complexity index is 255. The summed E-state index contributed by atoms with van der Waals surface area (Å²) in [6.07, 6.45) is -5.84. The molecular formula is C7H12F3O4P. The minimum absolute atomic E-state index is 0.0342. The number of alkyl halides is 3. The molecule has 1 rings (SSSR count). The summed E-state index contributed by atoms with van der Waals surface area (Å²) in [5.41, 5.74) is 0. The van der Waals surface area contributed by atoms with Crippen LogP contribution in [0, 0.1) is 0 Å². The van der Waals surface area contributed by atoms with Gasteiger partial charge in [-0.25, -0.2) is 4.57 Å². The fourth-order valence-corrected chi connectivity index (χ4v) is 2.30. The lowest BCUT2D eigenvalue weighted by molar-refractivity contribution is -0.153. The summed E-state index contributed by atoms with van der Waals surface area (Å²) in [5, 5.41) is 0. The summed E-state index contributed by atoms with van der Waals surface area (Å²) in [5.74, 6) is 0. The van der Waals surface area contributed by atoms with Gasteiger partial charge in [0.05, 0.1) is 19.1 Å². The van der Waals surface area contributed by atoms with Crippen molar-refractivity contribution < 1.29 is 31.7 Å². The Kier molecular flexibility index (Phi) is 4.17. The molecule has 0 bridgehead atoms. The van der Waals surface area contributed by atoms with E-state index in [0.29, 0.717) is 12.8 Å². The van der Waals surface area contributed by atoms with Gasteiger partial charge in [0.25, 0.3) is 0 Å².